The predicted octanol–water partition coefficient (Wildman–Crippen LogP) is -0.0670. The van der Waals surface area contributed by atoms with Crippen LogP contribution in [0.15, 0.2) is 6.20 Å². The van der Waals surface area contributed by atoms with E-state index in [0.29, 0.717) is 11.4 Å². The predicted molar refractivity (Wildman–Crippen MR) is 225 cm³/mol. The second-order valence-corrected chi connectivity index (χ2v) is 15.9. The van der Waals surface area contributed by atoms with Crippen LogP contribution in [0.1, 0.15) is 67.3 Å². The maximum atomic E-state index is 12.2. The summed E-state index contributed by atoms with van der Waals surface area (Å²) in [5.74, 6) is -5.34. The Kier molecular flexibility index (Phi) is 25.7. The summed E-state index contributed by atoms with van der Waals surface area (Å²) in [6.45, 7) is 10.6. The van der Waals surface area contributed by atoms with Gasteiger partial charge in [-0.1, -0.05) is 5.21 Å². The van der Waals surface area contributed by atoms with Crippen LogP contribution in [0.5, 0.6) is 0 Å². The second-order valence-electron chi connectivity index (χ2n) is 14.7. The van der Waals surface area contributed by atoms with Gasteiger partial charge in [0.2, 0.25) is 0 Å². The van der Waals surface area contributed by atoms with E-state index < -0.39 is 115 Å². The minimum atomic E-state index is -1.39. The van der Waals surface area contributed by atoms with Gasteiger partial charge in [-0.25, -0.2) is 4.68 Å². The Morgan fingerprint density at radius 2 is 0.868 bits per heavy atom. The summed E-state index contributed by atoms with van der Waals surface area (Å²) in [5, 5.41) is 8.00. The van der Waals surface area contributed by atoms with Gasteiger partial charge in [0.15, 0.2) is 42.9 Å². The standard InChI is InChI=1S/C41H61N3O23S/c1-23(45)58-21-32-34(60-25(3)47)36(62-27(5)49)38(64-29(7)51)40(66-32)44-31(19-42-43-44)20-57-16-15-55-12-11-53-9-10-54-13-14-56-17-18-68-41-39(65-30(8)52)37(63-28(6)50)35(61-26(4)48)33(67-41)22-59-24(2)46/h19,32-41H,9-18,20-22H2,1-8H3/t32-,33-,34-,35+,36+,37+,38-,39-,40-,41+/m1/s1. The van der Waals surface area contributed by atoms with Gasteiger partial charge in [0.1, 0.15) is 30.9 Å². The third-order valence-electron chi connectivity index (χ3n) is 9.05. The molecule has 3 heterocycles. The molecule has 2 fully saturated rings. The molecule has 2 saturated heterocycles. The van der Waals surface area contributed by atoms with Crippen molar-refractivity contribution in [3.63, 3.8) is 0 Å². The number of carbonyl (C=O) groups excluding carboxylic acids is 8. The highest BCUT2D eigenvalue weighted by atomic mass is 32.2. The summed E-state index contributed by atoms with van der Waals surface area (Å²) in [4.78, 5) is 95.6. The van der Waals surface area contributed by atoms with Gasteiger partial charge in [-0.2, -0.15) is 0 Å². The van der Waals surface area contributed by atoms with Crippen molar-refractivity contribution >= 4 is 59.5 Å². The minimum Gasteiger partial charge on any atom is -0.463 e. The van der Waals surface area contributed by atoms with Crippen molar-refractivity contribution < 1.29 is 109 Å². The van der Waals surface area contributed by atoms with Gasteiger partial charge in [0, 0.05) is 61.1 Å². The van der Waals surface area contributed by atoms with Crippen LogP contribution in [0.4, 0.5) is 0 Å². The fourth-order valence-corrected chi connectivity index (χ4v) is 7.66. The van der Waals surface area contributed by atoms with Gasteiger partial charge in [-0.3, -0.25) is 38.4 Å². The Balaban J connectivity index is 1.36. The SMILES string of the molecule is CC(=O)OC[C@H]1O[C@@H](SCCOCCOCCOCCOCCOCc2cnnn2[C@@H]2O[C@H](COC(C)=O)[C@@H](OC(C)=O)[C@H](OC(C)=O)[C@H]2OC(C)=O)[C@H](OC(C)=O)[C@@H](OC(C)=O)[C@H]1OC(C)=O. The van der Waals surface area contributed by atoms with Crippen molar-refractivity contribution in [3.05, 3.63) is 11.9 Å². The summed E-state index contributed by atoms with van der Waals surface area (Å²) < 4.78 is 84.5. The van der Waals surface area contributed by atoms with Crippen molar-refractivity contribution in [1.82, 2.24) is 15.0 Å². The van der Waals surface area contributed by atoms with Gasteiger partial charge in [-0.05, 0) is 0 Å². The van der Waals surface area contributed by atoms with Crippen LogP contribution in [0, 0.1) is 0 Å². The van der Waals surface area contributed by atoms with Crippen LogP contribution in [0.2, 0.25) is 0 Å². The average Bonchev–Trinajstić information content (AvgIpc) is 3.71. The molecule has 0 saturated carbocycles. The van der Waals surface area contributed by atoms with E-state index in [4.69, 9.17) is 71.1 Å². The molecule has 0 bridgehead atoms. The van der Waals surface area contributed by atoms with Crippen LogP contribution < -0.4 is 0 Å². The van der Waals surface area contributed by atoms with Crippen LogP contribution in [-0.2, 0) is 116 Å². The lowest BCUT2D eigenvalue weighted by molar-refractivity contribution is -0.271. The van der Waals surface area contributed by atoms with Gasteiger partial charge in [0.05, 0.1) is 78.0 Å². The maximum Gasteiger partial charge on any atom is 0.303 e. The molecule has 2 aliphatic heterocycles. The van der Waals surface area contributed by atoms with Crippen molar-refractivity contribution in [1.29, 1.82) is 0 Å². The van der Waals surface area contributed by atoms with Crippen molar-refractivity contribution in [3.8, 4) is 0 Å². The molecule has 0 N–H and O–H groups in total. The highest BCUT2D eigenvalue weighted by Crippen LogP contribution is 2.36. The highest BCUT2D eigenvalue weighted by molar-refractivity contribution is 7.99. The van der Waals surface area contributed by atoms with Gasteiger partial charge >= 0.3 is 47.8 Å². The second kappa shape index (κ2) is 30.5. The third kappa shape index (κ3) is 20.7. The Morgan fingerprint density at radius 3 is 1.32 bits per heavy atom. The molecule has 0 aliphatic carbocycles. The van der Waals surface area contributed by atoms with E-state index in [9.17, 15) is 38.4 Å². The number of carbonyl (C=O) groups is 8. The van der Waals surface area contributed by atoms with Gasteiger partial charge < -0.3 is 71.1 Å². The Bertz CT molecular complexity index is 1800. The van der Waals surface area contributed by atoms with E-state index in [2.05, 4.69) is 10.3 Å². The monoisotopic (exact) mass is 995 g/mol. The van der Waals surface area contributed by atoms with Crippen molar-refractivity contribution in [2.24, 2.45) is 0 Å². The molecule has 10 atom stereocenters. The van der Waals surface area contributed by atoms with E-state index in [1.54, 1.807) is 0 Å². The topological polar surface area (TPSA) is 306 Å². The van der Waals surface area contributed by atoms with Crippen LogP contribution >= 0.6 is 11.8 Å². The Hall–Kier alpha value is -5.03. The van der Waals surface area contributed by atoms with Crippen molar-refractivity contribution in [2.45, 2.75) is 122 Å². The van der Waals surface area contributed by atoms with Crippen LogP contribution in [-0.4, -0.2) is 195 Å². The number of ether oxygens (including phenoxy) is 15. The molecule has 384 valence electrons. The normalized spacial score (nSPS) is 24.5. The Labute approximate surface area is 396 Å². The average molecular weight is 996 g/mol. The van der Waals surface area contributed by atoms with E-state index in [1.165, 1.54) is 43.4 Å². The fraction of sp³-hybridized carbons (Fsp3) is 0.756. The lowest BCUT2D eigenvalue weighted by Crippen LogP contribution is -2.61. The maximum absolute atomic E-state index is 12.2. The molecule has 0 aromatic carbocycles. The first-order valence-electron chi connectivity index (χ1n) is 21.4. The first-order valence-corrected chi connectivity index (χ1v) is 22.4. The molecule has 0 spiro atoms. The summed E-state index contributed by atoms with van der Waals surface area (Å²) in [5.41, 5.74) is -0.543. The van der Waals surface area contributed by atoms with Crippen LogP contribution in [0.25, 0.3) is 0 Å². The first-order chi connectivity index (χ1) is 32.4. The number of nitrogens with zero attached hydrogens (tertiary/aromatic N) is 3. The number of hydrogen-bond acceptors (Lipinski definition) is 26. The third-order valence-corrected chi connectivity index (χ3v) is 10.2. The summed E-state index contributed by atoms with van der Waals surface area (Å²) >= 11 is 1.20. The van der Waals surface area contributed by atoms with Gasteiger partial charge in [-0.15, -0.1) is 16.9 Å². The number of hydrogen-bond donors (Lipinski definition) is 0. The zero-order valence-corrected chi connectivity index (χ0v) is 40.0. The molecule has 26 nitrogen and oxygen atoms in total. The zero-order chi connectivity index (χ0) is 50.2. The van der Waals surface area contributed by atoms with Crippen molar-refractivity contribution in [2.75, 3.05) is 78.4 Å². The lowest BCUT2D eigenvalue weighted by atomic mass is 9.97. The minimum absolute atomic E-state index is 0.0536. The number of rotatable bonds is 29. The quantitative estimate of drug-likeness (QED) is 0.0576. The highest BCUT2D eigenvalue weighted by Gasteiger charge is 2.54. The molecule has 0 amide bonds. The first kappa shape index (κ1) is 57.3. The fourth-order valence-electron chi connectivity index (χ4n) is 6.59. The summed E-state index contributed by atoms with van der Waals surface area (Å²) in [7, 11) is 0. The van der Waals surface area contributed by atoms with E-state index in [-0.39, 0.29) is 72.7 Å². The summed E-state index contributed by atoms with van der Waals surface area (Å²) in [6.07, 6.45) is -9.86. The number of thioether (sulfide) groups is 1. The molecule has 1 aromatic heterocycles. The molecular weight excluding hydrogens is 935 g/mol. The largest absolute Gasteiger partial charge is 0.463 e. The summed E-state index contributed by atoms with van der Waals surface area (Å²) in [6, 6.07) is 0. The molecule has 68 heavy (non-hydrogen) atoms. The number of esters is 8. The molecule has 0 radical (unpaired) electrons. The molecule has 27 heteroatoms. The lowest BCUT2D eigenvalue weighted by Gasteiger charge is -2.44. The molecule has 0 unspecified atom stereocenters. The Morgan fingerprint density at radius 1 is 0.485 bits per heavy atom. The molecule has 1 aromatic rings. The van der Waals surface area contributed by atoms with E-state index in [1.807, 2.05) is 0 Å². The molecule has 2 aliphatic rings. The van der Waals surface area contributed by atoms with E-state index in [0.717, 1.165) is 34.6 Å². The van der Waals surface area contributed by atoms with E-state index >= 15 is 0 Å². The van der Waals surface area contributed by atoms with Gasteiger partial charge in [0.25, 0.3) is 0 Å². The zero-order valence-electron chi connectivity index (χ0n) is 39.2. The smallest absolute Gasteiger partial charge is 0.303 e. The molecular formula is C41H61N3O23S. The number of aromatic nitrogens is 3. The van der Waals surface area contributed by atoms with Crippen LogP contribution in [0.3, 0.4) is 0 Å². The molecule has 3 rings (SSSR count).